The van der Waals surface area contributed by atoms with Crippen molar-refractivity contribution in [2.24, 2.45) is 0 Å². The van der Waals surface area contributed by atoms with Crippen molar-refractivity contribution in [3.8, 4) is 41.8 Å². The lowest BCUT2D eigenvalue weighted by Gasteiger charge is -2.08. The van der Waals surface area contributed by atoms with Crippen LogP contribution >= 0.6 is 22.7 Å². The van der Waals surface area contributed by atoms with Gasteiger partial charge in [0.2, 0.25) is 0 Å². The van der Waals surface area contributed by atoms with Gasteiger partial charge in [0.15, 0.2) is 0 Å². The molecule has 0 aliphatic rings. The summed E-state index contributed by atoms with van der Waals surface area (Å²) in [5.74, 6) is -2.67. The van der Waals surface area contributed by atoms with Gasteiger partial charge in [-0.15, -0.1) is 22.7 Å². The van der Waals surface area contributed by atoms with Crippen LogP contribution in [-0.4, -0.2) is 52.3 Å². The summed E-state index contributed by atoms with van der Waals surface area (Å²) in [7, 11) is 5.03. The largest absolute Gasteiger partial charge is 0.465 e. The van der Waals surface area contributed by atoms with Crippen molar-refractivity contribution in [1.29, 1.82) is 0 Å². The van der Waals surface area contributed by atoms with Crippen LogP contribution in [0.1, 0.15) is 41.4 Å². The quantitative estimate of drug-likeness (QED) is 0.128. The van der Waals surface area contributed by atoms with E-state index in [9.17, 15) is 19.2 Å². The lowest BCUT2D eigenvalue weighted by atomic mass is 9.99. The number of hydrogen-bond donors (Lipinski definition) is 0. The molecule has 0 saturated heterocycles. The molecule has 0 saturated carbocycles. The van der Waals surface area contributed by atoms with Gasteiger partial charge >= 0.3 is 23.9 Å². The van der Waals surface area contributed by atoms with Crippen molar-refractivity contribution in [1.82, 2.24) is 0 Å². The van der Waals surface area contributed by atoms with Gasteiger partial charge in [0.1, 0.15) is 0 Å². The molecule has 0 unspecified atom stereocenters. The van der Waals surface area contributed by atoms with Crippen LogP contribution in [0.25, 0.3) is 41.8 Å². The predicted molar refractivity (Wildman–Crippen MR) is 169 cm³/mol. The number of rotatable bonds is 8. The number of carbonyl (C=O) groups is 4. The van der Waals surface area contributed by atoms with E-state index >= 15 is 0 Å². The van der Waals surface area contributed by atoms with Gasteiger partial charge in [-0.3, -0.25) is 0 Å². The Morgan fingerprint density at radius 2 is 0.614 bits per heavy atom. The maximum absolute atomic E-state index is 13.1. The molecule has 0 fully saturated rings. The van der Waals surface area contributed by atoms with Crippen LogP contribution < -0.4 is 0 Å². The number of esters is 4. The summed E-state index contributed by atoms with van der Waals surface area (Å²) in [6.45, 7) is 0. The van der Waals surface area contributed by atoms with Crippen LogP contribution in [0.2, 0.25) is 0 Å². The van der Waals surface area contributed by atoms with Crippen LogP contribution in [-0.2, 0) is 18.9 Å². The zero-order valence-electron chi connectivity index (χ0n) is 24.2. The smallest absolute Gasteiger partial charge is 0.340 e. The number of thiophene rings is 2. The fourth-order valence-corrected chi connectivity index (χ4v) is 7.39. The Bertz CT molecular complexity index is 1720. The number of carbonyl (C=O) groups excluding carboxylic acids is 4. The van der Waals surface area contributed by atoms with E-state index in [1.165, 1.54) is 51.1 Å². The third-order valence-electron chi connectivity index (χ3n) is 6.86. The summed E-state index contributed by atoms with van der Waals surface area (Å²) in [5.41, 5.74) is 3.21. The molecule has 8 nitrogen and oxygen atoms in total. The second kappa shape index (κ2) is 13.1. The van der Waals surface area contributed by atoms with E-state index in [1.54, 1.807) is 24.3 Å². The van der Waals surface area contributed by atoms with Crippen molar-refractivity contribution in [2.45, 2.75) is 0 Å². The Morgan fingerprint density at radius 1 is 0.386 bits per heavy atom. The molecule has 0 spiro atoms. The molecular weight excluding hydrogens is 601 g/mol. The highest BCUT2D eigenvalue weighted by Gasteiger charge is 2.33. The molecule has 0 aliphatic carbocycles. The molecule has 2 aromatic heterocycles. The van der Waals surface area contributed by atoms with Crippen molar-refractivity contribution >= 4 is 46.6 Å². The molecule has 3 aromatic carbocycles. The normalized spacial score (nSPS) is 10.6. The lowest BCUT2D eigenvalue weighted by molar-refractivity contribution is 0.0558. The second-order valence-corrected chi connectivity index (χ2v) is 11.3. The maximum atomic E-state index is 13.1. The van der Waals surface area contributed by atoms with Gasteiger partial charge in [-0.2, -0.15) is 0 Å². The fraction of sp³-hybridized carbons (Fsp3) is 0.118. The highest BCUT2D eigenvalue weighted by atomic mass is 32.1. The molecule has 222 valence electrons. The molecule has 0 amide bonds. The van der Waals surface area contributed by atoms with Crippen LogP contribution in [0.5, 0.6) is 0 Å². The van der Waals surface area contributed by atoms with Crippen LogP contribution in [0.3, 0.4) is 0 Å². The first-order chi connectivity index (χ1) is 21.3. The SMILES string of the molecule is COC(=O)c1c(-c2ccccc2)sc(-c2ccc(-c3sc(-c4ccccc4)c(C(=O)OC)c3C(=O)OC)cc2)c1C(=O)OC. The average Bonchev–Trinajstić information content (AvgIpc) is 3.68. The Hall–Kier alpha value is -5.06. The number of methoxy groups -OCH3 is 4. The van der Waals surface area contributed by atoms with E-state index < -0.39 is 23.9 Å². The van der Waals surface area contributed by atoms with Crippen molar-refractivity contribution < 1.29 is 38.1 Å². The third kappa shape index (κ3) is 5.52. The minimum atomic E-state index is -0.677. The minimum absolute atomic E-state index is 0.0988. The summed E-state index contributed by atoms with van der Waals surface area (Å²) in [6, 6.07) is 25.6. The second-order valence-electron chi connectivity index (χ2n) is 9.30. The van der Waals surface area contributed by atoms with E-state index in [0.717, 1.165) is 11.1 Å². The highest BCUT2D eigenvalue weighted by Crippen LogP contribution is 2.46. The fourth-order valence-electron chi connectivity index (χ4n) is 4.81. The molecular formula is C34H26O8S2. The lowest BCUT2D eigenvalue weighted by Crippen LogP contribution is -2.11. The van der Waals surface area contributed by atoms with E-state index in [0.29, 0.717) is 30.6 Å². The molecule has 0 aliphatic heterocycles. The number of benzene rings is 3. The first-order valence-electron chi connectivity index (χ1n) is 13.2. The number of ether oxygens (including phenoxy) is 4. The van der Waals surface area contributed by atoms with Crippen LogP contribution in [0.4, 0.5) is 0 Å². The van der Waals surface area contributed by atoms with Gasteiger partial charge in [0.25, 0.3) is 0 Å². The predicted octanol–water partition coefficient (Wildman–Crippen LogP) is 7.62. The summed E-state index contributed by atoms with van der Waals surface area (Å²) in [6.07, 6.45) is 0. The average molecular weight is 627 g/mol. The molecule has 0 radical (unpaired) electrons. The molecule has 5 rings (SSSR count). The van der Waals surface area contributed by atoms with Crippen molar-refractivity contribution in [3.63, 3.8) is 0 Å². The molecule has 0 N–H and O–H groups in total. The Labute approximate surface area is 261 Å². The van der Waals surface area contributed by atoms with Gasteiger partial charge in [0.05, 0.1) is 70.2 Å². The third-order valence-corrected chi connectivity index (χ3v) is 9.43. The highest BCUT2D eigenvalue weighted by molar-refractivity contribution is 7.20. The van der Waals surface area contributed by atoms with Gasteiger partial charge in [-0.25, -0.2) is 19.2 Å². The van der Waals surface area contributed by atoms with Crippen molar-refractivity contribution in [2.75, 3.05) is 28.4 Å². The first kappa shape index (κ1) is 30.4. The van der Waals surface area contributed by atoms with Crippen molar-refractivity contribution in [3.05, 3.63) is 107 Å². The molecule has 2 heterocycles. The van der Waals surface area contributed by atoms with E-state index in [-0.39, 0.29) is 22.3 Å². The van der Waals surface area contributed by atoms with Crippen LogP contribution in [0, 0.1) is 0 Å². The van der Waals surface area contributed by atoms with Crippen LogP contribution in [0.15, 0.2) is 84.9 Å². The monoisotopic (exact) mass is 626 g/mol. The molecule has 44 heavy (non-hydrogen) atoms. The Morgan fingerprint density at radius 3 is 0.841 bits per heavy atom. The first-order valence-corrected chi connectivity index (χ1v) is 14.9. The summed E-state index contributed by atoms with van der Waals surface area (Å²) in [5, 5.41) is 0. The topological polar surface area (TPSA) is 105 Å². The minimum Gasteiger partial charge on any atom is -0.465 e. The van der Waals surface area contributed by atoms with E-state index in [2.05, 4.69) is 0 Å². The Kier molecular flexibility index (Phi) is 9.03. The standard InChI is InChI=1S/C34H26O8S2/c1-39-31(35)23-25(33(37)41-3)29(43-27(23)19-11-7-5-8-12-19)21-15-17-22(18-16-21)30-26(34(38)42-4)24(32(36)40-2)28(44-30)20-13-9-6-10-14-20/h5-18H,1-4H3. The number of hydrogen-bond acceptors (Lipinski definition) is 10. The van der Waals surface area contributed by atoms with Gasteiger partial charge in [-0.1, -0.05) is 84.9 Å². The van der Waals surface area contributed by atoms with Gasteiger partial charge in [-0.05, 0) is 22.3 Å². The summed E-state index contributed by atoms with van der Waals surface area (Å²) < 4.78 is 20.3. The summed E-state index contributed by atoms with van der Waals surface area (Å²) in [4.78, 5) is 54.3. The Balaban J connectivity index is 1.70. The zero-order valence-corrected chi connectivity index (χ0v) is 25.8. The molecule has 10 heteroatoms. The zero-order chi connectivity index (χ0) is 31.4. The van der Waals surface area contributed by atoms with E-state index in [4.69, 9.17) is 18.9 Å². The molecule has 0 atom stereocenters. The van der Waals surface area contributed by atoms with Gasteiger partial charge < -0.3 is 18.9 Å². The summed E-state index contributed by atoms with van der Waals surface area (Å²) >= 11 is 2.54. The molecule has 5 aromatic rings. The van der Waals surface area contributed by atoms with E-state index in [1.807, 2.05) is 60.7 Å². The molecule has 0 bridgehead atoms. The van der Waals surface area contributed by atoms with Gasteiger partial charge in [0, 0.05) is 0 Å². The maximum Gasteiger partial charge on any atom is 0.340 e.